The lowest BCUT2D eigenvalue weighted by atomic mass is 9.92. The fraction of sp³-hybridized carbons (Fsp3) is 0.765. The summed E-state index contributed by atoms with van der Waals surface area (Å²) < 4.78 is 39.4. The molecular formula is C17H27F2NO5. The van der Waals surface area contributed by atoms with Gasteiger partial charge in [0, 0.05) is 25.9 Å². The highest BCUT2D eigenvalue weighted by atomic mass is 19.3. The zero-order valence-corrected chi connectivity index (χ0v) is 15.7. The molecule has 144 valence electrons. The highest BCUT2D eigenvalue weighted by molar-refractivity contribution is 5.68. The van der Waals surface area contributed by atoms with Crippen LogP contribution in [0.2, 0.25) is 0 Å². The summed E-state index contributed by atoms with van der Waals surface area (Å²) in [5, 5.41) is 0. The minimum Gasteiger partial charge on any atom is -0.444 e. The summed E-state index contributed by atoms with van der Waals surface area (Å²) in [6, 6.07) is 0. The third kappa shape index (κ3) is 8.57. The van der Waals surface area contributed by atoms with Gasteiger partial charge in [0.15, 0.2) is 5.60 Å². The Bertz CT molecular complexity index is 497. The molecule has 0 aromatic heterocycles. The van der Waals surface area contributed by atoms with Gasteiger partial charge in [-0.1, -0.05) is 13.8 Å². The first-order chi connectivity index (χ1) is 11.6. The molecule has 0 spiro atoms. The Labute approximate surface area is 147 Å². The smallest absolute Gasteiger partial charge is 0.444 e. The molecular weight excluding hydrogens is 336 g/mol. The molecule has 0 saturated carbocycles. The first-order valence-corrected chi connectivity index (χ1v) is 8.13. The first kappa shape index (κ1) is 23.0. The fourth-order valence-corrected chi connectivity index (χ4v) is 2.02. The predicted octanol–water partition coefficient (Wildman–Crippen LogP) is 3.83. The molecule has 0 aromatic carbocycles. The van der Waals surface area contributed by atoms with E-state index in [0.717, 1.165) is 7.11 Å². The highest BCUT2D eigenvalue weighted by Crippen LogP contribution is 2.27. The summed E-state index contributed by atoms with van der Waals surface area (Å²) in [4.78, 5) is 24.7. The molecule has 0 radical (unpaired) electrons. The Morgan fingerprint density at radius 1 is 1.16 bits per heavy atom. The van der Waals surface area contributed by atoms with E-state index in [1.54, 1.807) is 26.7 Å². The molecule has 1 saturated heterocycles. The van der Waals surface area contributed by atoms with E-state index in [1.807, 2.05) is 13.8 Å². The zero-order chi connectivity index (χ0) is 19.7. The maximum absolute atomic E-state index is 12.3. The molecule has 1 aliphatic heterocycles. The Morgan fingerprint density at radius 3 is 2.08 bits per heavy atom. The van der Waals surface area contributed by atoms with Crippen molar-refractivity contribution in [2.75, 3.05) is 20.2 Å². The second kappa shape index (κ2) is 10.1. The minimum absolute atomic E-state index is 0.0983. The van der Waals surface area contributed by atoms with Crippen molar-refractivity contribution in [3.8, 4) is 11.8 Å². The van der Waals surface area contributed by atoms with Gasteiger partial charge in [0.2, 0.25) is 0 Å². The van der Waals surface area contributed by atoms with Crippen LogP contribution in [0, 0.1) is 11.8 Å². The molecule has 0 bridgehead atoms. The molecule has 0 atom stereocenters. The lowest BCUT2D eigenvalue weighted by molar-refractivity contribution is -0.0340. The summed E-state index contributed by atoms with van der Waals surface area (Å²) in [6.45, 7) is 9.57. The van der Waals surface area contributed by atoms with Gasteiger partial charge in [-0.2, -0.15) is 8.78 Å². The number of halogens is 2. The van der Waals surface area contributed by atoms with E-state index < -0.39 is 29.9 Å². The summed E-state index contributed by atoms with van der Waals surface area (Å²) >= 11 is 0. The van der Waals surface area contributed by atoms with Gasteiger partial charge in [-0.3, -0.25) is 0 Å². The van der Waals surface area contributed by atoms with E-state index in [4.69, 9.17) is 9.47 Å². The second-order valence-corrected chi connectivity index (χ2v) is 6.09. The number of carbonyl (C=O) groups excluding carboxylic acids is 2. The van der Waals surface area contributed by atoms with E-state index >= 15 is 0 Å². The van der Waals surface area contributed by atoms with Crippen molar-refractivity contribution in [2.24, 2.45) is 0 Å². The van der Waals surface area contributed by atoms with Crippen molar-refractivity contribution in [3.63, 3.8) is 0 Å². The number of carbonyl (C=O) groups is 2. The SMILES string of the molecule is CC.COC(=O)OC1(C#CC(F)F)CCN(C(=O)OC(C)(C)C)CC1. The quantitative estimate of drug-likeness (QED) is 0.523. The van der Waals surface area contributed by atoms with Crippen molar-refractivity contribution in [3.05, 3.63) is 0 Å². The molecule has 1 fully saturated rings. The van der Waals surface area contributed by atoms with E-state index in [0.29, 0.717) is 0 Å². The molecule has 25 heavy (non-hydrogen) atoms. The Morgan fingerprint density at radius 2 is 1.68 bits per heavy atom. The molecule has 1 heterocycles. The Hall–Kier alpha value is -2.04. The number of methoxy groups -OCH3 is 1. The van der Waals surface area contributed by atoms with Crippen LogP contribution in [0.25, 0.3) is 0 Å². The van der Waals surface area contributed by atoms with Gasteiger partial charge < -0.3 is 19.1 Å². The summed E-state index contributed by atoms with van der Waals surface area (Å²) in [5.41, 5.74) is -2.02. The van der Waals surface area contributed by atoms with Crippen LogP contribution in [0.3, 0.4) is 0 Å². The number of amides is 1. The zero-order valence-electron chi connectivity index (χ0n) is 15.7. The largest absolute Gasteiger partial charge is 0.509 e. The molecule has 0 N–H and O–H groups in total. The van der Waals surface area contributed by atoms with Gasteiger partial charge in [0.05, 0.1) is 7.11 Å². The van der Waals surface area contributed by atoms with Crippen molar-refractivity contribution in [2.45, 2.75) is 65.1 Å². The Balaban J connectivity index is 0.00000277. The van der Waals surface area contributed by atoms with Crippen molar-refractivity contribution < 1.29 is 32.6 Å². The molecule has 0 unspecified atom stereocenters. The number of nitrogens with zero attached hydrogens (tertiary/aromatic N) is 1. The van der Waals surface area contributed by atoms with Crippen LogP contribution in [0.15, 0.2) is 0 Å². The number of alkyl halides is 2. The third-order valence-electron chi connectivity index (χ3n) is 3.08. The summed E-state index contributed by atoms with van der Waals surface area (Å²) in [5.74, 6) is 4.02. The van der Waals surface area contributed by atoms with E-state index in [9.17, 15) is 18.4 Å². The van der Waals surface area contributed by atoms with Crippen LogP contribution in [-0.2, 0) is 14.2 Å². The first-order valence-electron chi connectivity index (χ1n) is 8.13. The van der Waals surface area contributed by atoms with Crippen molar-refractivity contribution in [1.82, 2.24) is 4.90 Å². The van der Waals surface area contributed by atoms with Crippen LogP contribution in [0.4, 0.5) is 18.4 Å². The molecule has 8 heteroatoms. The highest BCUT2D eigenvalue weighted by Gasteiger charge is 2.39. The number of rotatable bonds is 1. The van der Waals surface area contributed by atoms with Gasteiger partial charge in [0.25, 0.3) is 6.43 Å². The molecule has 0 aromatic rings. The number of likely N-dealkylation sites (tertiary alicyclic amines) is 1. The van der Waals surface area contributed by atoms with E-state index in [1.165, 1.54) is 4.90 Å². The number of hydrogen-bond donors (Lipinski definition) is 0. The third-order valence-corrected chi connectivity index (χ3v) is 3.08. The van der Waals surface area contributed by atoms with Gasteiger partial charge in [-0.25, -0.2) is 9.59 Å². The van der Waals surface area contributed by atoms with E-state index in [-0.39, 0.29) is 25.9 Å². The average Bonchev–Trinajstić information content (AvgIpc) is 2.54. The van der Waals surface area contributed by atoms with Crippen molar-refractivity contribution >= 4 is 12.2 Å². The molecule has 1 rings (SSSR count). The lowest BCUT2D eigenvalue weighted by Gasteiger charge is -2.37. The van der Waals surface area contributed by atoms with Crippen LogP contribution in [0.5, 0.6) is 0 Å². The number of ether oxygens (including phenoxy) is 3. The normalized spacial score (nSPS) is 16.0. The lowest BCUT2D eigenvalue weighted by Crippen LogP contribution is -2.49. The van der Waals surface area contributed by atoms with Crippen molar-refractivity contribution in [1.29, 1.82) is 0 Å². The standard InChI is InChI=1S/C15H21F2NO5.C2H6/c1-14(2,3)22-12(19)18-9-7-15(8-10-18,6-5-11(16)17)23-13(20)21-4;1-2/h11H,7-10H2,1-4H3;1-2H3. The van der Waals surface area contributed by atoms with Gasteiger partial charge in [-0.05, 0) is 32.6 Å². The van der Waals surface area contributed by atoms with E-state index in [2.05, 4.69) is 10.7 Å². The van der Waals surface area contributed by atoms with Crippen LogP contribution < -0.4 is 0 Å². The number of hydrogen-bond acceptors (Lipinski definition) is 5. The molecule has 0 aliphatic carbocycles. The van der Waals surface area contributed by atoms with Crippen LogP contribution in [0.1, 0.15) is 47.5 Å². The average molecular weight is 363 g/mol. The second-order valence-electron chi connectivity index (χ2n) is 6.09. The maximum atomic E-state index is 12.3. The predicted molar refractivity (Wildman–Crippen MR) is 88.4 cm³/mol. The molecule has 1 amide bonds. The van der Waals surface area contributed by atoms with Crippen LogP contribution >= 0.6 is 0 Å². The summed E-state index contributed by atoms with van der Waals surface area (Å²) in [6.07, 6.45) is -4.15. The fourth-order valence-electron chi connectivity index (χ4n) is 2.02. The minimum atomic E-state index is -2.84. The van der Waals surface area contributed by atoms with Gasteiger partial charge >= 0.3 is 12.2 Å². The van der Waals surface area contributed by atoms with Crippen LogP contribution in [-0.4, -0.2) is 55.0 Å². The Kier molecular flexibility index (Phi) is 9.24. The monoisotopic (exact) mass is 363 g/mol. The molecule has 6 nitrogen and oxygen atoms in total. The summed E-state index contributed by atoms with van der Waals surface area (Å²) in [7, 11) is 1.12. The number of piperidine rings is 1. The maximum Gasteiger partial charge on any atom is 0.509 e. The van der Waals surface area contributed by atoms with Gasteiger partial charge in [0.1, 0.15) is 5.60 Å². The topological polar surface area (TPSA) is 65.1 Å². The molecule has 1 aliphatic rings. The van der Waals surface area contributed by atoms with Gasteiger partial charge in [-0.15, -0.1) is 0 Å².